The van der Waals surface area contributed by atoms with Gasteiger partial charge in [-0.25, -0.2) is 0 Å². The minimum atomic E-state index is 0. The number of halogens is 1. The largest absolute Gasteiger partial charge is 0.344 e. The van der Waals surface area contributed by atoms with E-state index >= 15 is 0 Å². The second kappa shape index (κ2) is 10.7. The SMILES string of the molecule is COCl.N. The van der Waals surface area contributed by atoms with Crippen molar-refractivity contribution in [2.45, 2.75) is 0 Å². The highest BCUT2D eigenvalue weighted by Gasteiger charge is 1.31. The van der Waals surface area contributed by atoms with Gasteiger partial charge >= 0.3 is 0 Å². The summed E-state index contributed by atoms with van der Waals surface area (Å²) in [4.78, 5) is 0. The Kier molecular flexibility index (Phi) is 23.8. The Morgan fingerprint density at radius 3 is 1.75 bits per heavy atom. The molecule has 0 saturated carbocycles. The summed E-state index contributed by atoms with van der Waals surface area (Å²) in [5.74, 6) is 0. The molecule has 0 rings (SSSR count). The minimum absolute atomic E-state index is 0. The topological polar surface area (TPSA) is 44.2 Å². The molecule has 0 bridgehead atoms. The molecule has 0 aromatic rings. The third kappa shape index (κ3) is 73.4. The second-order valence-corrected chi connectivity index (χ2v) is 0.463. The molecule has 3 N–H and O–H groups in total. The van der Waals surface area contributed by atoms with Crippen molar-refractivity contribution in [1.29, 1.82) is 0 Å². The highest BCUT2D eigenvalue weighted by atomic mass is 35.5. The maximum Gasteiger partial charge on any atom is 0.0606 e. The van der Waals surface area contributed by atoms with Gasteiger partial charge in [0.25, 0.3) is 0 Å². The van der Waals surface area contributed by atoms with Crippen LogP contribution in [0.2, 0.25) is 0 Å². The lowest BCUT2D eigenvalue weighted by Gasteiger charge is -1.54. The average Bonchev–Trinajstić information content (AvgIpc) is 0.918. The quantitative estimate of drug-likeness (QED) is 0.474. The molecule has 4 heavy (non-hydrogen) atoms. The summed E-state index contributed by atoms with van der Waals surface area (Å²) in [6.07, 6.45) is 0. The van der Waals surface area contributed by atoms with E-state index in [9.17, 15) is 0 Å². The molecule has 0 heterocycles. The lowest BCUT2D eigenvalue weighted by molar-refractivity contribution is 0.463. The molecule has 0 fully saturated rings. The van der Waals surface area contributed by atoms with Crippen LogP contribution < -0.4 is 6.15 Å². The molecule has 0 unspecified atom stereocenters. The van der Waals surface area contributed by atoms with Crippen molar-refractivity contribution in [3.63, 3.8) is 0 Å². The maximum absolute atomic E-state index is 4.50. The van der Waals surface area contributed by atoms with Crippen LogP contribution in [0.1, 0.15) is 0 Å². The van der Waals surface area contributed by atoms with E-state index in [1.54, 1.807) is 0 Å². The third-order valence-corrected chi connectivity index (χ3v) is 0. The lowest BCUT2D eigenvalue weighted by atomic mass is 11.8. The van der Waals surface area contributed by atoms with Crippen molar-refractivity contribution in [2.24, 2.45) is 0 Å². The van der Waals surface area contributed by atoms with E-state index in [4.69, 9.17) is 0 Å². The monoisotopic (exact) mass is 83.0 g/mol. The lowest BCUT2D eigenvalue weighted by Crippen LogP contribution is -1.39. The molecule has 0 saturated heterocycles. The van der Waals surface area contributed by atoms with E-state index < -0.39 is 0 Å². The van der Waals surface area contributed by atoms with Gasteiger partial charge in [-0.1, -0.05) is 0 Å². The van der Waals surface area contributed by atoms with Crippen molar-refractivity contribution in [3.8, 4) is 0 Å². The van der Waals surface area contributed by atoms with Crippen molar-refractivity contribution in [3.05, 3.63) is 0 Å². The minimum Gasteiger partial charge on any atom is -0.344 e. The van der Waals surface area contributed by atoms with Crippen LogP contribution in [0.15, 0.2) is 0 Å². The van der Waals surface area contributed by atoms with Crippen LogP contribution in [0.5, 0.6) is 0 Å². The zero-order chi connectivity index (χ0) is 2.71. The van der Waals surface area contributed by atoms with Crippen molar-refractivity contribution in [2.75, 3.05) is 7.11 Å². The fourth-order valence-electron chi connectivity index (χ4n) is 0. The fraction of sp³-hybridized carbons (Fsp3) is 1.00. The smallest absolute Gasteiger partial charge is 0.0606 e. The van der Waals surface area contributed by atoms with Gasteiger partial charge in [-0.15, -0.1) is 0 Å². The zero-order valence-corrected chi connectivity index (χ0v) is 3.25. The molecule has 0 spiro atoms. The van der Waals surface area contributed by atoms with Crippen molar-refractivity contribution < 1.29 is 4.29 Å². The normalized spacial score (nSPS) is 4.50. The number of hydrogen-bond donors (Lipinski definition) is 1. The van der Waals surface area contributed by atoms with Crippen LogP contribution in [0.3, 0.4) is 0 Å². The van der Waals surface area contributed by atoms with E-state index in [2.05, 4.69) is 16.2 Å². The molecule has 0 aromatic heterocycles. The molecule has 28 valence electrons. The van der Waals surface area contributed by atoms with Gasteiger partial charge in [0.05, 0.1) is 19.0 Å². The summed E-state index contributed by atoms with van der Waals surface area (Å²) in [7, 11) is 1.39. The van der Waals surface area contributed by atoms with Gasteiger partial charge in [-0.2, -0.15) is 0 Å². The number of rotatable bonds is 0. The Balaban J connectivity index is 0. The molecule has 0 amide bonds. The van der Waals surface area contributed by atoms with Crippen LogP contribution >= 0.6 is 11.9 Å². The standard InChI is InChI=1S/CH3ClO.H3N/c1-3-2;/h1H3;1H3. The molecule has 3 heteroatoms. The Bertz CT molecular complexity index is 8.00. The van der Waals surface area contributed by atoms with E-state index in [1.165, 1.54) is 7.11 Å². The summed E-state index contributed by atoms with van der Waals surface area (Å²) in [6.45, 7) is 0. The van der Waals surface area contributed by atoms with Crippen LogP contribution in [0, 0.1) is 0 Å². The van der Waals surface area contributed by atoms with Crippen molar-refractivity contribution >= 4 is 11.9 Å². The van der Waals surface area contributed by atoms with Crippen LogP contribution in [-0.2, 0) is 4.29 Å². The first-order valence-corrected chi connectivity index (χ1v) is 0.871. The van der Waals surface area contributed by atoms with Crippen LogP contribution in [-0.4, -0.2) is 7.11 Å². The van der Waals surface area contributed by atoms with E-state index in [-0.39, 0.29) is 6.15 Å². The fourth-order valence-corrected chi connectivity index (χ4v) is 0. The molecule has 0 aliphatic rings. The van der Waals surface area contributed by atoms with Gasteiger partial charge < -0.3 is 6.15 Å². The first-order chi connectivity index (χ1) is 1.41. The molecule has 0 atom stereocenters. The van der Waals surface area contributed by atoms with Gasteiger partial charge in [-0.3, -0.25) is 4.29 Å². The van der Waals surface area contributed by atoms with Gasteiger partial charge in [0.15, 0.2) is 0 Å². The summed E-state index contributed by atoms with van der Waals surface area (Å²) >= 11 is 4.50. The highest BCUT2D eigenvalue weighted by molar-refractivity contribution is 6.07. The highest BCUT2D eigenvalue weighted by Crippen LogP contribution is 1.59. The summed E-state index contributed by atoms with van der Waals surface area (Å²) < 4.78 is 3.72. The Morgan fingerprint density at radius 1 is 1.75 bits per heavy atom. The van der Waals surface area contributed by atoms with E-state index in [1.807, 2.05) is 0 Å². The van der Waals surface area contributed by atoms with Gasteiger partial charge in [0, 0.05) is 0 Å². The first-order valence-electron chi connectivity index (χ1n) is 0.563. The van der Waals surface area contributed by atoms with Gasteiger partial charge in [0.1, 0.15) is 0 Å². The Morgan fingerprint density at radius 2 is 1.75 bits per heavy atom. The third-order valence-electron chi connectivity index (χ3n) is 0. The average molecular weight is 83.5 g/mol. The summed E-state index contributed by atoms with van der Waals surface area (Å²) in [6, 6.07) is 0. The van der Waals surface area contributed by atoms with E-state index in [0.717, 1.165) is 0 Å². The van der Waals surface area contributed by atoms with E-state index in [0.29, 0.717) is 0 Å². The van der Waals surface area contributed by atoms with Crippen molar-refractivity contribution in [1.82, 2.24) is 6.15 Å². The van der Waals surface area contributed by atoms with Crippen LogP contribution in [0.25, 0.3) is 0 Å². The maximum atomic E-state index is 4.50. The zero-order valence-electron chi connectivity index (χ0n) is 2.49. The summed E-state index contributed by atoms with van der Waals surface area (Å²) in [5.41, 5.74) is 0. The Hall–Kier alpha value is 0.210. The molecular formula is CH6ClNO. The molecule has 0 aromatic carbocycles. The molecule has 0 radical (unpaired) electrons. The Labute approximate surface area is 30.5 Å². The predicted molar refractivity (Wildman–Crippen MR) is 17.9 cm³/mol. The molecular weight excluding hydrogens is 77.5 g/mol. The van der Waals surface area contributed by atoms with Gasteiger partial charge in [-0.05, 0) is 0 Å². The second-order valence-electron chi connectivity index (χ2n) is 0.154. The predicted octanol–water partition coefficient (Wildman–Crippen LogP) is 0.949. The molecule has 0 aliphatic heterocycles. The van der Waals surface area contributed by atoms with Gasteiger partial charge in [0.2, 0.25) is 0 Å². The first kappa shape index (κ1) is 8.88. The number of hydrogen-bond acceptors (Lipinski definition) is 2. The van der Waals surface area contributed by atoms with Crippen LogP contribution in [0.4, 0.5) is 0 Å². The summed E-state index contributed by atoms with van der Waals surface area (Å²) in [5, 5.41) is 0. The molecule has 0 aliphatic carbocycles. The molecule has 2 nitrogen and oxygen atoms in total.